The van der Waals surface area contributed by atoms with Gasteiger partial charge in [0.2, 0.25) is 5.91 Å². The molecule has 0 saturated carbocycles. The molecule has 2 amide bonds. The summed E-state index contributed by atoms with van der Waals surface area (Å²) < 4.78 is 0. The number of carbonyl (C=O) groups is 2. The number of aliphatic hydroxyl groups excluding tert-OH is 1. The molecule has 20 heavy (non-hydrogen) atoms. The number of nitrogens with one attached hydrogen (secondary N) is 2. The molecule has 1 aliphatic heterocycles. The highest BCUT2D eigenvalue weighted by atomic mass is 32.2. The summed E-state index contributed by atoms with van der Waals surface area (Å²) in [6.45, 7) is 0.0302. The van der Waals surface area contributed by atoms with Crippen molar-refractivity contribution in [2.24, 2.45) is 0 Å². The van der Waals surface area contributed by atoms with Crippen molar-refractivity contribution in [3.63, 3.8) is 0 Å². The average Bonchev–Trinajstić information content (AvgIpc) is 2.86. The summed E-state index contributed by atoms with van der Waals surface area (Å²) in [4.78, 5) is 23.0. The van der Waals surface area contributed by atoms with Gasteiger partial charge in [-0.15, -0.1) is 0 Å². The van der Waals surface area contributed by atoms with Crippen LogP contribution in [-0.2, 0) is 4.79 Å². The van der Waals surface area contributed by atoms with E-state index in [-0.39, 0.29) is 17.8 Å². The third-order valence-electron chi connectivity index (χ3n) is 2.59. The van der Waals surface area contributed by atoms with Crippen LogP contribution in [0.15, 0.2) is 24.3 Å². The zero-order valence-corrected chi connectivity index (χ0v) is 11.5. The predicted octanol–water partition coefficient (Wildman–Crippen LogP) is 1.18. The van der Waals surface area contributed by atoms with Crippen LogP contribution in [0.2, 0.25) is 0 Å². The highest BCUT2D eigenvalue weighted by Crippen LogP contribution is 2.15. The zero-order valence-electron chi connectivity index (χ0n) is 10.7. The summed E-state index contributed by atoms with van der Waals surface area (Å²) in [6.07, 6.45) is 0.419. The Labute approximate surface area is 121 Å². The van der Waals surface area contributed by atoms with Crippen LogP contribution in [0.3, 0.4) is 0 Å². The number of anilines is 1. The number of hydrogen-bond acceptors (Lipinski definition) is 4. The molecule has 1 heterocycles. The standard InChI is InChI=1S/C14H14N2O3S/c17-7-2-1-4-10-5-3-6-11(8-10)15-13(18)12-9-20-14(19)16-12/h3,5-6,8,12,17H,2,7,9H2,(H,15,18)(H,16,19). The van der Waals surface area contributed by atoms with E-state index in [2.05, 4.69) is 22.5 Å². The maximum absolute atomic E-state index is 11.9. The van der Waals surface area contributed by atoms with Crippen molar-refractivity contribution < 1.29 is 14.7 Å². The summed E-state index contributed by atoms with van der Waals surface area (Å²) in [5.41, 5.74) is 1.40. The lowest BCUT2D eigenvalue weighted by Gasteiger charge is -2.10. The minimum absolute atomic E-state index is 0.0302. The third-order valence-corrected chi connectivity index (χ3v) is 3.47. The van der Waals surface area contributed by atoms with Crippen LogP contribution in [0.4, 0.5) is 10.5 Å². The summed E-state index contributed by atoms with van der Waals surface area (Å²) in [5.74, 6) is 5.93. The first-order valence-corrected chi connectivity index (χ1v) is 7.11. The van der Waals surface area contributed by atoms with Gasteiger partial charge in [0.15, 0.2) is 0 Å². The van der Waals surface area contributed by atoms with Gasteiger partial charge >= 0.3 is 0 Å². The molecule has 104 valence electrons. The van der Waals surface area contributed by atoms with E-state index in [0.717, 1.165) is 17.3 Å². The van der Waals surface area contributed by atoms with Crippen LogP contribution in [0.25, 0.3) is 0 Å². The molecule has 0 aliphatic carbocycles. The summed E-state index contributed by atoms with van der Waals surface area (Å²) in [7, 11) is 0. The maximum Gasteiger partial charge on any atom is 0.279 e. The minimum Gasteiger partial charge on any atom is -0.395 e. The Morgan fingerprint density at radius 2 is 2.40 bits per heavy atom. The minimum atomic E-state index is -0.489. The molecule has 0 spiro atoms. The predicted molar refractivity (Wildman–Crippen MR) is 78.4 cm³/mol. The van der Waals surface area contributed by atoms with Crippen LogP contribution < -0.4 is 10.6 Å². The van der Waals surface area contributed by atoms with Gasteiger partial charge in [0, 0.05) is 23.4 Å². The SMILES string of the molecule is O=C1NC(C(=O)Nc2cccc(C#CCCO)c2)CS1. The molecule has 1 aromatic carbocycles. The first-order chi connectivity index (χ1) is 9.69. The smallest absolute Gasteiger partial charge is 0.279 e. The molecule has 1 unspecified atom stereocenters. The largest absolute Gasteiger partial charge is 0.395 e. The van der Waals surface area contributed by atoms with Crippen molar-refractivity contribution in [2.75, 3.05) is 17.7 Å². The number of rotatable bonds is 3. The Kier molecular flexibility index (Phi) is 5.04. The van der Waals surface area contributed by atoms with Crippen LogP contribution in [-0.4, -0.2) is 34.7 Å². The molecule has 5 nitrogen and oxygen atoms in total. The molecule has 1 saturated heterocycles. The second-order valence-electron chi connectivity index (χ2n) is 4.14. The van der Waals surface area contributed by atoms with E-state index in [9.17, 15) is 9.59 Å². The van der Waals surface area contributed by atoms with Gasteiger partial charge in [0.25, 0.3) is 5.24 Å². The lowest BCUT2D eigenvalue weighted by Crippen LogP contribution is -2.38. The van der Waals surface area contributed by atoms with Crippen molar-refractivity contribution in [1.29, 1.82) is 0 Å². The highest BCUT2D eigenvalue weighted by molar-refractivity contribution is 8.14. The van der Waals surface area contributed by atoms with Gasteiger partial charge in [-0.1, -0.05) is 29.7 Å². The quantitative estimate of drug-likeness (QED) is 0.731. The van der Waals surface area contributed by atoms with E-state index in [0.29, 0.717) is 17.9 Å². The topological polar surface area (TPSA) is 78.4 Å². The molecular weight excluding hydrogens is 276 g/mol. The molecule has 2 rings (SSSR count). The van der Waals surface area contributed by atoms with E-state index >= 15 is 0 Å². The number of carbonyl (C=O) groups excluding carboxylic acids is 2. The molecule has 1 atom stereocenters. The molecule has 3 N–H and O–H groups in total. The Bertz CT molecular complexity index is 577. The summed E-state index contributed by atoms with van der Waals surface area (Å²) in [5, 5.41) is 13.8. The summed E-state index contributed by atoms with van der Waals surface area (Å²) >= 11 is 1.10. The molecule has 6 heteroatoms. The van der Waals surface area contributed by atoms with Gasteiger partial charge in [-0.25, -0.2) is 0 Å². The van der Waals surface area contributed by atoms with Gasteiger partial charge in [0.1, 0.15) is 6.04 Å². The van der Waals surface area contributed by atoms with Crippen molar-refractivity contribution >= 4 is 28.6 Å². The van der Waals surface area contributed by atoms with Crippen LogP contribution in [0.5, 0.6) is 0 Å². The molecule has 1 aromatic rings. The number of amides is 2. The lowest BCUT2D eigenvalue weighted by atomic mass is 10.2. The first-order valence-electron chi connectivity index (χ1n) is 6.13. The average molecular weight is 290 g/mol. The Hall–Kier alpha value is -1.97. The lowest BCUT2D eigenvalue weighted by molar-refractivity contribution is -0.117. The van der Waals surface area contributed by atoms with Crippen LogP contribution in [0, 0.1) is 11.8 Å². The second-order valence-corrected chi connectivity index (χ2v) is 5.13. The second kappa shape index (κ2) is 6.98. The Morgan fingerprint density at radius 1 is 1.55 bits per heavy atom. The maximum atomic E-state index is 11.9. The van der Waals surface area contributed by atoms with Gasteiger partial charge in [-0.3, -0.25) is 9.59 Å². The number of benzene rings is 1. The highest BCUT2D eigenvalue weighted by Gasteiger charge is 2.27. The molecular formula is C14H14N2O3S. The van der Waals surface area contributed by atoms with E-state index in [1.807, 2.05) is 6.07 Å². The van der Waals surface area contributed by atoms with Crippen LogP contribution >= 0.6 is 11.8 Å². The number of thioether (sulfide) groups is 1. The number of aliphatic hydroxyl groups is 1. The fourth-order valence-electron chi connectivity index (χ4n) is 1.65. The normalized spacial score (nSPS) is 17.1. The van der Waals surface area contributed by atoms with Gasteiger partial charge in [0.05, 0.1) is 6.61 Å². The monoisotopic (exact) mass is 290 g/mol. The molecule has 0 radical (unpaired) electrons. The van der Waals surface area contributed by atoms with Crippen molar-refractivity contribution in [3.05, 3.63) is 29.8 Å². The van der Waals surface area contributed by atoms with Crippen molar-refractivity contribution in [3.8, 4) is 11.8 Å². The first kappa shape index (κ1) is 14.4. The van der Waals surface area contributed by atoms with Crippen LogP contribution in [0.1, 0.15) is 12.0 Å². The van der Waals surface area contributed by atoms with Crippen molar-refractivity contribution in [2.45, 2.75) is 12.5 Å². The van der Waals surface area contributed by atoms with E-state index in [1.54, 1.807) is 18.2 Å². The number of hydrogen-bond donors (Lipinski definition) is 3. The summed E-state index contributed by atoms with van der Waals surface area (Å²) in [6, 6.07) is 6.65. The molecule has 1 aliphatic rings. The molecule has 0 bridgehead atoms. The van der Waals surface area contributed by atoms with E-state index in [1.165, 1.54) is 0 Å². The van der Waals surface area contributed by atoms with Gasteiger partial charge in [-0.2, -0.15) is 0 Å². The fourth-order valence-corrected chi connectivity index (χ4v) is 2.43. The molecule has 0 aromatic heterocycles. The fraction of sp³-hybridized carbons (Fsp3) is 0.286. The third kappa shape index (κ3) is 4.02. The van der Waals surface area contributed by atoms with E-state index < -0.39 is 6.04 Å². The Balaban J connectivity index is 1.99. The van der Waals surface area contributed by atoms with Crippen molar-refractivity contribution in [1.82, 2.24) is 5.32 Å². The van der Waals surface area contributed by atoms with Gasteiger partial charge < -0.3 is 15.7 Å². The molecule has 1 fully saturated rings. The van der Waals surface area contributed by atoms with E-state index in [4.69, 9.17) is 5.11 Å². The zero-order chi connectivity index (χ0) is 14.4. The Morgan fingerprint density at radius 3 is 3.10 bits per heavy atom. The van der Waals surface area contributed by atoms with Gasteiger partial charge in [-0.05, 0) is 18.2 Å².